The molecule has 0 aromatic heterocycles. The maximum absolute atomic E-state index is 5.22. The van der Waals surface area contributed by atoms with Crippen LogP contribution in [-0.2, 0) is 4.74 Å². The highest BCUT2D eigenvalue weighted by Gasteiger charge is 2.30. The number of rotatable bonds is 7. The summed E-state index contributed by atoms with van der Waals surface area (Å²) in [5, 5.41) is 3.51. The Labute approximate surface area is 82.0 Å². The van der Waals surface area contributed by atoms with Gasteiger partial charge in [-0.15, -0.1) is 0 Å². The van der Waals surface area contributed by atoms with E-state index in [1.807, 2.05) is 0 Å². The molecule has 1 saturated carbocycles. The average Bonchev–Trinajstić information content (AvgIpc) is 2.84. The second-order valence-corrected chi connectivity index (χ2v) is 4.60. The van der Waals surface area contributed by atoms with Gasteiger partial charge in [0.2, 0.25) is 0 Å². The van der Waals surface area contributed by atoms with Gasteiger partial charge < -0.3 is 10.1 Å². The third-order valence-corrected chi connectivity index (χ3v) is 2.63. The van der Waals surface area contributed by atoms with Crippen LogP contribution in [0.2, 0.25) is 0 Å². The lowest BCUT2D eigenvalue weighted by Gasteiger charge is -2.16. The molecule has 1 rings (SSSR count). The Kier molecular flexibility index (Phi) is 4.74. The van der Waals surface area contributed by atoms with Crippen molar-refractivity contribution in [2.45, 2.75) is 26.7 Å². The molecule has 0 aliphatic heterocycles. The molecule has 0 aromatic rings. The number of hydrogen-bond acceptors (Lipinski definition) is 2. The van der Waals surface area contributed by atoms with E-state index in [0.717, 1.165) is 37.5 Å². The zero-order chi connectivity index (χ0) is 9.68. The fourth-order valence-corrected chi connectivity index (χ4v) is 1.70. The molecule has 0 saturated heterocycles. The van der Waals surface area contributed by atoms with Gasteiger partial charge in [-0.2, -0.15) is 0 Å². The van der Waals surface area contributed by atoms with Gasteiger partial charge in [0.1, 0.15) is 0 Å². The van der Waals surface area contributed by atoms with Crippen molar-refractivity contribution in [3.05, 3.63) is 0 Å². The molecule has 0 radical (unpaired) electrons. The van der Waals surface area contributed by atoms with Crippen LogP contribution in [0.1, 0.15) is 26.7 Å². The van der Waals surface area contributed by atoms with Crippen molar-refractivity contribution in [3.63, 3.8) is 0 Å². The summed E-state index contributed by atoms with van der Waals surface area (Å²) in [6, 6.07) is 0. The maximum atomic E-state index is 5.22. The van der Waals surface area contributed by atoms with Crippen molar-refractivity contribution >= 4 is 0 Å². The number of methoxy groups -OCH3 is 1. The molecule has 2 nitrogen and oxygen atoms in total. The van der Waals surface area contributed by atoms with Gasteiger partial charge in [-0.25, -0.2) is 0 Å². The lowest BCUT2D eigenvalue weighted by atomic mass is 10.1. The second-order valence-electron chi connectivity index (χ2n) is 4.60. The van der Waals surface area contributed by atoms with Crippen molar-refractivity contribution < 1.29 is 4.74 Å². The fourth-order valence-electron chi connectivity index (χ4n) is 1.70. The van der Waals surface area contributed by atoms with Crippen LogP contribution in [0.4, 0.5) is 0 Å². The zero-order valence-corrected chi connectivity index (χ0v) is 9.18. The van der Waals surface area contributed by atoms with Crippen LogP contribution < -0.4 is 5.32 Å². The summed E-state index contributed by atoms with van der Waals surface area (Å²) in [5.74, 6) is 2.45. The Hall–Kier alpha value is -0.0800. The van der Waals surface area contributed by atoms with E-state index in [1.165, 1.54) is 12.8 Å². The predicted octanol–water partition coefficient (Wildman–Crippen LogP) is 1.90. The minimum atomic E-state index is 0.752. The minimum absolute atomic E-state index is 0.752. The first-order valence-electron chi connectivity index (χ1n) is 5.43. The average molecular weight is 185 g/mol. The second kappa shape index (κ2) is 5.61. The van der Waals surface area contributed by atoms with Gasteiger partial charge in [0.05, 0.1) is 6.61 Å². The minimum Gasteiger partial charge on any atom is -0.384 e. The van der Waals surface area contributed by atoms with E-state index in [1.54, 1.807) is 7.11 Å². The van der Waals surface area contributed by atoms with E-state index in [2.05, 4.69) is 19.2 Å². The zero-order valence-electron chi connectivity index (χ0n) is 9.18. The lowest BCUT2D eigenvalue weighted by molar-refractivity contribution is 0.140. The maximum Gasteiger partial charge on any atom is 0.0505 e. The van der Waals surface area contributed by atoms with Crippen LogP contribution in [0.25, 0.3) is 0 Å². The first kappa shape index (κ1) is 11.0. The highest BCUT2D eigenvalue weighted by Crippen LogP contribution is 2.36. The monoisotopic (exact) mass is 185 g/mol. The Morgan fingerprint density at radius 3 is 2.46 bits per heavy atom. The van der Waals surface area contributed by atoms with Gasteiger partial charge in [-0.3, -0.25) is 0 Å². The van der Waals surface area contributed by atoms with Crippen LogP contribution >= 0.6 is 0 Å². The summed E-state index contributed by atoms with van der Waals surface area (Å²) in [7, 11) is 1.80. The molecular weight excluding hydrogens is 162 g/mol. The van der Waals surface area contributed by atoms with E-state index >= 15 is 0 Å². The highest BCUT2D eigenvalue weighted by atomic mass is 16.5. The molecule has 13 heavy (non-hydrogen) atoms. The Morgan fingerprint density at radius 2 is 2.00 bits per heavy atom. The summed E-state index contributed by atoms with van der Waals surface area (Å²) in [4.78, 5) is 0. The predicted molar refractivity (Wildman–Crippen MR) is 55.8 cm³/mol. The Bertz CT molecular complexity index is 132. The summed E-state index contributed by atoms with van der Waals surface area (Å²) < 4.78 is 5.22. The summed E-state index contributed by atoms with van der Waals surface area (Å²) in [6.45, 7) is 7.68. The molecule has 1 aliphatic rings. The van der Waals surface area contributed by atoms with Crippen molar-refractivity contribution in [3.8, 4) is 0 Å². The van der Waals surface area contributed by atoms with Crippen molar-refractivity contribution in [1.29, 1.82) is 0 Å². The van der Waals surface area contributed by atoms with Crippen molar-refractivity contribution in [2.75, 3.05) is 26.8 Å². The molecule has 0 heterocycles. The molecule has 0 bridgehead atoms. The first-order chi connectivity index (χ1) is 6.24. The standard InChI is InChI=1S/C11H23NO/c1-9(2)6-12-7-11(8-13-3)10-4-5-10/h9-12H,4-8H2,1-3H3. The van der Waals surface area contributed by atoms with Crippen LogP contribution in [0.5, 0.6) is 0 Å². The highest BCUT2D eigenvalue weighted by molar-refractivity contribution is 4.82. The van der Waals surface area contributed by atoms with Crippen LogP contribution in [0.15, 0.2) is 0 Å². The van der Waals surface area contributed by atoms with Gasteiger partial charge in [0.15, 0.2) is 0 Å². The van der Waals surface area contributed by atoms with Crippen molar-refractivity contribution in [2.24, 2.45) is 17.8 Å². The number of hydrogen-bond donors (Lipinski definition) is 1. The Balaban J connectivity index is 2.07. The lowest BCUT2D eigenvalue weighted by Crippen LogP contribution is -2.29. The molecule has 2 heteroatoms. The molecule has 0 amide bonds. The third kappa shape index (κ3) is 4.63. The molecule has 1 aliphatic carbocycles. The number of ether oxygens (including phenoxy) is 1. The quantitative estimate of drug-likeness (QED) is 0.654. The van der Waals surface area contributed by atoms with Crippen molar-refractivity contribution in [1.82, 2.24) is 5.32 Å². The molecule has 1 fully saturated rings. The molecule has 1 unspecified atom stereocenters. The van der Waals surface area contributed by atoms with E-state index in [4.69, 9.17) is 4.74 Å². The van der Waals surface area contributed by atoms with Crippen LogP contribution in [0.3, 0.4) is 0 Å². The Morgan fingerprint density at radius 1 is 1.31 bits per heavy atom. The van der Waals surface area contributed by atoms with Gasteiger partial charge in [-0.05, 0) is 37.1 Å². The van der Waals surface area contributed by atoms with Gasteiger partial charge in [0, 0.05) is 13.7 Å². The topological polar surface area (TPSA) is 21.3 Å². The van der Waals surface area contributed by atoms with E-state index in [9.17, 15) is 0 Å². The van der Waals surface area contributed by atoms with E-state index < -0.39 is 0 Å². The summed E-state index contributed by atoms with van der Waals surface area (Å²) in [6.07, 6.45) is 2.83. The molecule has 1 atom stereocenters. The third-order valence-electron chi connectivity index (χ3n) is 2.63. The molecule has 78 valence electrons. The van der Waals surface area contributed by atoms with E-state index in [-0.39, 0.29) is 0 Å². The fraction of sp³-hybridized carbons (Fsp3) is 1.00. The summed E-state index contributed by atoms with van der Waals surface area (Å²) >= 11 is 0. The van der Waals surface area contributed by atoms with Crippen LogP contribution in [0, 0.1) is 17.8 Å². The molecule has 0 spiro atoms. The smallest absolute Gasteiger partial charge is 0.0505 e. The number of nitrogens with one attached hydrogen (secondary N) is 1. The normalized spacial score (nSPS) is 19.4. The van der Waals surface area contributed by atoms with E-state index in [0.29, 0.717) is 0 Å². The largest absolute Gasteiger partial charge is 0.384 e. The van der Waals surface area contributed by atoms with Gasteiger partial charge >= 0.3 is 0 Å². The van der Waals surface area contributed by atoms with Gasteiger partial charge in [-0.1, -0.05) is 13.8 Å². The summed E-state index contributed by atoms with van der Waals surface area (Å²) in [5.41, 5.74) is 0. The molecule has 1 N–H and O–H groups in total. The van der Waals surface area contributed by atoms with Crippen LogP contribution in [-0.4, -0.2) is 26.8 Å². The molecule has 0 aromatic carbocycles. The van der Waals surface area contributed by atoms with Gasteiger partial charge in [0.25, 0.3) is 0 Å². The first-order valence-corrected chi connectivity index (χ1v) is 5.43. The SMILES string of the molecule is COCC(CNCC(C)C)C1CC1. The molecular formula is C11H23NO.